The van der Waals surface area contributed by atoms with Crippen LogP contribution in [0.2, 0.25) is 0 Å². The number of nitrogens with one attached hydrogen (secondary N) is 1. The number of hydrogen-bond acceptors (Lipinski definition) is 4. The summed E-state index contributed by atoms with van der Waals surface area (Å²) >= 11 is 5.57. The lowest BCUT2D eigenvalue weighted by Crippen LogP contribution is -2.54. The molecule has 1 aliphatic rings. The number of benzene rings is 1. The molecular weight excluding hydrogens is 334 g/mol. The van der Waals surface area contributed by atoms with Crippen molar-refractivity contribution in [3.05, 3.63) is 29.3 Å². The Morgan fingerprint density at radius 2 is 2.17 bits per heavy atom. The van der Waals surface area contributed by atoms with E-state index in [9.17, 15) is 23.4 Å². The lowest BCUT2D eigenvalue weighted by atomic mass is 9.72. The molecule has 1 amide bonds. The van der Waals surface area contributed by atoms with Crippen molar-refractivity contribution in [1.29, 1.82) is 0 Å². The standard InChI is InChI=1S/C13H13BClF2NO5/c15-8(5-10(16)17)12(19)18-9-4-6-2-1-3-7(13(20)21)11(6)23-14(9)22/h1-3,8-10,22H,4-5H2,(H,18,19)(H,20,21). The Morgan fingerprint density at radius 1 is 1.48 bits per heavy atom. The maximum atomic E-state index is 12.2. The molecule has 0 aromatic heterocycles. The quantitative estimate of drug-likeness (QED) is 0.547. The van der Waals surface area contributed by atoms with Crippen LogP contribution in [0.1, 0.15) is 22.3 Å². The lowest BCUT2D eigenvalue weighted by molar-refractivity contribution is -0.121. The first kappa shape index (κ1) is 17.5. The molecule has 3 N–H and O–H groups in total. The van der Waals surface area contributed by atoms with Crippen molar-refractivity contribution in [2.45, 2.75) is 30.6 Å². The third-order valence-electron chi connectivity index (χ3n) is 3.35. The van der Waals surface area contributed by atoms with Gasteiger partial charge in [0.2, 0.25) is 12.3 Å². The highest BCUT2D eigenvalue weighted by Gasteiger charge is 2.38. The van der Waals surface area contributed by atoms with Crippen LogP contribution in [-0.4, -0.2) is 46.9 Å². The minimum atomic E-state index is -2.73. The largest absolute Gasteiger partial charge is 0.547 e. The van der Waals surface area contributed by atoms with Crippen LogP contribution in [0.3, 0.4) is 0 Å². The first-order chi connectivity index (χ1) is 10.8. The van der Waals surface area contributed by atoms with Crippen LogP contribution in [0.4, 0.5) is 8.78 Å². The predicted molar refractivity (Wildman–Crippen MR) is 77.9 cm³/mol. The van der Waals surface area contributed by atoms with E-state index in [0.717, 1.165) is 0 Å². The van der Waals surface area contributed by atoms with Gasteiger partial charge in [0.15, 0.2) is 0 Å². The lowest BCUT2D eigenvalue weighted by Gasteiger charge is -2.29. The van der Waals surface area contributed by atoms with Crippen LogP contribution in [0, 0.1) is 0 Å². The normalized spacial score (nSPS) is 18.1. The van der Waals surface area contributed by atoms with Crippen molar-refractivity contribution >= 4 is 30.6 Å². The molecule has 6 nitrogen and oxygen atoms in total. The highest BCUT2D eigenvalue weighted by atomic mass is 35.5. The SMILES string of the molecule is O=C(O)c1cccc2c1OB(O)C(NC(=O)C(Cl)CC(F)F)C2. The van der Waals surface area contributed by atoms with E-state index < -0.39 is 43.2 Å². The Morgan fingerprint density at radius 3 is 2.78 bits per heavy atom. The van der Waals surface area contributed by atoms with Gasteiger partial charge in [-0.2, -0.15) is 0 Å². The maximum Gasteiger partial charge on any atom is 0.547 e. The molecule has 0 fully saturated rings. The molecule has 0 radical (unpaired) electrons. The molecule has 2 atom stereocenters. The molecule has 2 rings (SSSR count). The zero-order chi connectivity index (χ0) is 17.1. The van der Waals surface area contributed by atoms with Gasteiger partial charge in [-0.05, 0) is 18.1 Å². The number of alkyl halides is 3. The molecule has 1 aliphatic heterocycles. The van der Waals surface area contributed by atoms with Gasteiger partial charge in [0.05, 0.1) is 11.5 Å². The van der Waals surface area contributed by atoms with E-state index in [1.54, 1.807) is 6.07 Å². The molecule has 0 saturated heterocycles. The topological polar surface area (TPSA) is 95.9 Å². The Kier molecular flexibility index (Phi) is 5.43. The zero-order valence-corrected chi connectivity index (χ0v) is 12.5. The zero-order valence-electron chi connectivity index (χ0n) is 11.7. The Balaban J connectivity index is 2.11. The highest BCUT2D eigenvalue weighted by Crippen LogP contribution is 2.30. The fourth-order valence-corrected chi connectivity index (χ4v) is 2.45. The predicted octanol–water partition coefficient (Wildman–Crippen LogP) is 1.09. The van der Waals surface area contributed by atoms with Crippen LogP contribution in [0.25, 0.3) is 0 Å². The van der Waals surface area contributed by atoms with Crippen LogP contribution >= 0.6 is 11.6 Å². The van der Waals surface area contributed by atoms with Gasteiger partial charge in [0.25, 0.3) is 0 Å². The summed E-state index contributed by atoms with van der Waals surface area (Å²) in [6.07, 6.45) is -3.45. The summed E-state index contributed by atoms with van der Waals surface area (Å²) in [5.41, 5.74) is 0.361. The minimum Gasteiger partial charge on any atom is -0.534 e. The minimum absolute atomic E-state index is 0.0213. The number of carbonyl (C=O) groups excluding carboxylic acids is 1. The van der Waals surface area contributed by atoms with Crippen LogP contribution in [0.5, 0.6) is 5.75 Å². The summed E-state index contributed by atoms with van der Waals surface area (Å²) < 4.78 is 29.6. The van der Waals surface area contributed by atoms with Crippen molar-refractivity contribution < 1.29 is 33.2 Å². The molecule has 1 aromatic carbocycles. The van der Waals surface area contributed by atoms with Crippen molar-refractivity contribution in [3.63, 3.8) is 0 Å². The molecule has 10 heteroatoms. The fraction of sp³-hybridized carbons (Fsp3) is 0.385. The van der Waals surface area contributed by atoms with Crippen molar-refractivity contribution in [3.8, 4) is 5.75 Å². The van der Waals surface area contributed by atoms with Gasteiger partial charge in [-0.25, -0.2) is 13.6 Å². The first-order valence-corrected chi connectivity index (χ1v) is 7.15. The van der Waals surface area contributed by atoms with E-state index in [-0.39, 0.29) is 17.7 Å². The average molecular weight is 348 g/mol. The van der Waals surface area contributed by atoms with E-state index in [4.69, 9.17) is 21.4 Å². The smallest absolute Gasteiger partial charge is 0.534 e. The monoisotopic (exact) mass is 347 g/mol. The van der Waals surface area contributed by atoms with E-state index in [2.05, 4.69) is 5.32 Å². The van der Waals surface area contributed by atoms with Gasteiger partial charge < -0.3 is 20.1 Å². The number of para-hydroxylation sites is 1. The van der Waals surface area contributed by atoms with Gasteiger partial charge in [0, 0.05) is 6.42 Å². The summed E-state index contributed by atoms with van der Waals surface area (Å²) in [6.45, 7) is 0. The number of fused-ring (bicyclic) bond motifs is 1. The maximum absolute atomic E-state index is 12.2. The number of carboxylic acid groups (broad SMARTS) is 1. The number of carbonyl (C=O) groups is 2. The summed E-state index contributed by atoms with van der Waals surface area (Å²) in [4.78, 5) is 22.9. The number of carboxylic acids is 1. The third-order valence-corrected chi connectivity index (χ3v) is 3.72. The second kappa shape index (κ2) is 7.14. The molecule has 0 aliphatic carbocycles. The summed E-state index contributed by atoms with van der Waals surface area (Å²) in [6, 6.07) is 4.41. The Bertz CT molecular complexity index is 618. The van der Waals surface area contributed by atoms with E-state index in [0.29, 0.717) is 5.56 Å². The Labute approximate surface area is 135 Å². The first-order valence-electron chi connectivity index (χ1n) is 6.72. The molecule has 0 spiro atoms. The molecule has 0 bridgehead atoms. The third kappa shape index (κ3) is 4.11. The molecular formula is C13H13BClF2NO5. The molecule has 23 heavy (non-hydrogen) atoms. The molecule has 124 valence electrons. The molecule has 1 aromatic rings. The summed E-state index contributed by atoms with van der Waals surface area (Å²) in [5.74, 6) is -2.96. The van der Waals surface area contributed by atoms with Crippen LogP contribution in [0.15, 0.2) is 18.2 Å². The van der Waals surface area contributed by atoms with Crippen molar-refractivity contribution in [2.75, 3.05) is 0 Å². The van der Waals surface area contributed by atoms with E-state index >= 15 is 0 Å². The van der Waals surface area contributed by atoms with Crippen LogP contribution in [-0.2, 0) is 11.2 Å². The fourth-order valence-electron chi connectivity index (χ4n) is 2.25. The number of aromatic carboxylic acids is 1. The Hall–Kier alpha value is -1.87. The molecule has 0 saturated carbocycles. The number of amides is 1. The van der Waals surface area contributed by atoms with Gasteiger partial charge in [-0.1, -0.05) is 12.1 Å². The summed E-state index contributed by atoms with van der Waals surface area (Å²) in [5, 5.41) is 19.9. The van der Waals surface area contributed by atoms with Gasteiger partial charge in [-0.3, -0.25) is 4.79 Å². The van der Waals surface area contributed by atoms with E-state index in [1.165, 1.54) is 12.1 Å². The number of rotatable bonds is 5. The second-order valence-corrected chi connectivity index (χ2v) is 5.55. The second-order valence-electron chi connectivity index (χ2n) is 5.02. The molecule has 1 heterocycles. The van der Waals surface area contributed by atoms with Crippen molar-refractivity contribution in [2.24, 2.45) is 0 Å². The van der Waals surface area contributed by atoms with Crippen LogP contribution < -0.4 is 9.97 Å². The summed E-state index contributed by atoms with van der Waals surface area (Å²) in [7, 11) is -1.51. The highest BCUT2D eigenvalue weighted by molar-refractivity contribution is 6.47. The number of halogens is 3. The number of hydrogen-bond donors (Lipinski definition) is 3. The van der Waals surface area contributed by atoms with Gasteiger partial charge in [0.1, 0.15) is 11.1 Å². The van der Waals surface area contributed by atoms with Crippen molar-refractivity contribution in [1.82, 2.24) is 5.32 Å². The van der Waals surface area contributed by atoms with E-state index in [1.807, 2.05) is 0 Å². The molecule has 2 unspecified atom stereocenters. The van der Waals surface area contributed by atoms with Gasteiger partial charge in [-0.15, -0.1) is 11.6 Å². The average Bonchev–Trinajstić information content (AvgIpc) is 2.46. The van der Waals surface area contributed by atoms with Gasteiger partial charge >= 0.3 is 13.1 Å².